The molecule has 0 bridgehead atoms. The number of halogens is 3. The Morgan fingerprint density at radius 1 is 1.30 bits per heavy atom. The van der Waals surface area contributed by atoms with Gasteiger partial charge in [0.05, 0.1) is 24.8 Å². The van der Waals surface area contributed by atoms with E-state index in [9.17, 15) is 0 Å². The van der Waals surface area contributed by atoms with Gasteiger partial charge in [-0.1, -0.05) is 23.2 Å². The van der Waals surface area contributed by atoms with Crippen molar-refractivity contribution in [1.29, 1.82) is 0 Å². The summed E-state index contributed by atoms with van der Waals surface area (Å²) in [5.74, 6) is 0.765. The number of guanidine groups is 1. The standard InChI is InChI=1S/C14H23Cl2N5O.HI/c1-17-14(18-3-4-21-5-7-22-8-6-21)19-10-11-9-12(15)13(16)20(11)2;/h9H,3-8,10H2,1-2H3,(H2,17,18,19);1H. The second kappa shape index (κ2) is 10.6. The van der Waals surface area contributed by atoms with E-state index in [-0.39, 0.29) is 24.0 Å². The van der Waals surface area contributed by atoms with Crippen molar-refractivity contribution in [3.05, 3.63) is 21.9 Å². The topological polar surface area (TPSA) is 53.8 Å². The van der Waals surface area contributed by atoms with Gasteiger partial charge < -0.3 is 19.9 Å². The molecule has 0 aromatic carbocycles. The van der Waals surface area contributed by atoms with Gasteiger partial charge in [0, 0.05) is 46.0 Å². The normalized spacial score (nSPS) is 16.1. The molecule has 0 amide bonds. The third-order valence-corrected chi connectivity index (χ3v) is 4.54. The first-order valence-electron chi connectivity index (χ1n) is 7.36. The molecule has 0 radical (unpaired) electrons. The molecule has 132 valence electrons. The average molecular weight is 476 g/mol. The van der Waals surface area contributed by atoms with E-state index in [0.29, 0.717) is 16.7 Å². The van der Waals surface area contributed by atoms with E-state index in [1.807, 2.05) is 17.7 Å². The number of aromatic nitrogens is 1. The molecule has 1 saturated heterocycles. The van der Waals surface area contributed by atoms with Crippen LogP contribution in [0.5, 0.6) is 0 Å². The Labute approximate surface area is 164 Å². The van der Waals surface area contributed by atoms with Crippen molar-refractivity contribution in [2.75, 3.05) is 46.4 Å². The van der Waals surface area contributed by atoms with Gasteiger partial charge in [0.2, 0.25) is 0 Å². The second-order valence-corrected chi connectivity index (χ2v) is 5.91. The molecule has 0 saturated carbocycles. The maximum atomic E-state index is 6.06. The Bertz CT molecular complexity index is 518. The van der Waals surface area contributed by atoms with Gasteiger partial charge in [0.15, 0.2) is 5.96 Å². The molecule has 1 aromatic heterocycles. The zero-order valence-electron chi connectivity index (χ0n) is 13.4. The van der Waals surface area contributed by atoms with Crippen molar-refractivity contribution >= 4 is 53.1 Å². The lowest BCUT2D eigenvalue weighted by Gasteiger charge is -2.26. The number of morpholine rings is 1. The number of nitrogens with zero attached hydrogens (tertiary/aromatic N) is 3. The maximum Gasteiger partial charge on any atom is 0.191 e. The first-order chi connectivity index (χ1) is 10.6. The number of ether oxygens (including phenoxy) is 1. The molecule has 23 heavy (non-hydrogen) atoms. The van der Waals surface area contributed by atoms with Gasteiger partial charge >= 0.3 is 0 Å². The predicted octanol–water partition coefficient (Wildman–Crippen LogP) is 1.95. The minimum absolute atomic E-state index is 0. The Balaban J connectivity index is 0.00000264. The van der Waals surface area contributed by atoms with Gasteiger partial charge in [-0.05, 0) is 6.07 Å². The van der Waals surface area contributed by atoms with E-state index < -0.39 is 0 Å². The van der Waals surface area contributed by atoms with Crippen LogP contribution in [0.4, 0.5) is 0 Å². The highest BCUT2D eigenvalue weighted by Gasteiger charge is 2.11. The van der Waals surface area contributed by atoms with Gasteiger partial charge in [-0.25, -0.2) is 0 Å². The molecule has 1 aliphatic rings. The summed E-state index contributed by atoms with van der Waals surface area (Å²) in [5, 5.41) is 7.69. The zero-order valence-corrected chi connectivity index (χ0v) is 17.3. The van der Waals surface area contributed by atoms with Gasteiger partial charge in [0.25, 0.3) is 0 Å². The molecule has 0 atom stereocenters. The summed E-state index contributed by atoms with van der Waals surface area (Å²) < 4.78 is 7.20. The van der Waals surface area contributed by atoms with E-state index >= 15 is 0 Å². The number of aliphatic imine (C=N–C) groups is 1. The Hall–Kier alpha value is -0.220. The van der Waals surface area contributed by atoms with Crippen LogP contribution in [-0.2, 0) is 18.3 Å². The van der Waals surface area contributed by atoms with Gasteiger partial charge in [0.1, 0.15) is 5.15 Å². The number of rotatable bonds is 5. The summed E-state index contributed by atoms with van der Waals surface area (Å²) >= 11 is 12.1. The first kappa shape index (κ1) is 20.8. The van der Waals surface area contributed by atoms with Gasteiger partial charge in [-0.3, -0.25) is 9.89 Å². The highest BCUT2D eigenvalue weighted by atomic mass is 127. The largest absolute Gasteiger partial charge is 0.379 e. The molecule has 2 heterocycles. The summed E-state index contributed by atoms with van der Waals surface area (Å²) in [6.45, 7) is 6.06. The number of hydrogen-bond donors (Lipinski definition) is 2. The lowest BCUT2D eigenvalue weighted by Crippen LogP contribution is -2.44. The van der Waals surface area contributed by atoms with E-state index in [1.165, 1.54) is 0 Å². The van der Waals surface area contributed by atoms with Crippen LogP contribution in [0.15, 0.2) is 11.1 Å². The van der Waals surface area contributed by atoms with Gasteiger partial charge in [-0.2, -0.15) is 0 Å². The van der Waals surface area contributed by atoms with Crippen molar-refractivity contribution in [1.82, 2.24) is 20.1 Å². The fourth-order valence-corrected chi connectivity index (χ4v) is 2.73. The van der Waals surface area contributed by atoms with Crippen molar-refractivity contribution in [2.24, 2.45) is 12.0 Å². The fourth-order valence-electron chi connectivity index (χ4n) is 2.31. The smallest absolute Gasteiger partial charge is 0.191 e. The molecule has 1 aliphatic heterocycles. The van der Waals surface area contributed by atoms with Crippen LogP contribution in [0.25, 0.3) is 0 Å². The summed E-state index contributed by atoms with van der Waals surface area (Å²) in [4.78, 5) is 6.60. The monoisotopic (exact) mass is 475 g/mol. The van der Waals surface area contributed by atoms with E-state index in [2.05, 4.69) is 20.5 Å². The van der Waals surface area contributed by atoms with Gasteiger partial charge in [-0.15, -0.1) is 24.0 Å². The molecule has 2 N–H and O–H groups in total. The predicted molar refractivity (Wildman–Crippen MR) is 106 cm³/mol. The molecule has 9 heteroatoms. The molecular weight excluding hydrogens is 452 g/mol. The molecule has 0 unspecified atom stereocenters. The first-order valence-corrected chi connectivity index (χ1v) is 8.11. The van der Waals surface area contributed by atoms with Crippen LogP contribution in [0.3, 0.4) is 0 Å². The molecular formula is C14H24Cl2IN5O. The molecule has 6 nitrogen and oxygen atoms in total. The lowest BCUT2D eigenvalue weighted by molar-refractivity contribution is 0.0389. The number of nitrogens with one attached hydrogen (secondary N) is 2. The third-order valence-electron chi connectivity index (χ3n) is 3.70. The van der Waals surface area contributed by atoms with Crippen molar-refractivity contribution in [2.45, 2.75) is 6.54 Å². The molecule has 0 spiro atoms. The van der Waals surface area contributed by atoms with Crippen LogP contribution < -0.4 is 10.6 Å². The third kappa shape index (κ3) is 6.30. The molecule has 1 fully saturated rings. The van der Waals surface area contributed by atoms with E-state index in [0.717, 1.165) is 51.0 Å². The zero-order chi connectivity index (χ0) is 15.9. The Morgan fingerprint density at radius 3 is 2.57 bits per heavy atom. The van der Waals surface area contributed by atoms with Crippen LogP contribution >= 0.6 is 47.2 Å². The lowest BCUT2D eigenvalue weighted by atomic mass is 10.4. The molecule has 1 aromatic rings. The minimum Gasteiger partial charge on any atom is -0.379 e. The highest BCUT2D eigenvalue weighted by molar-refractivity contribution is 14.0. The highest BCUT2D eigenvalue weighted by Crippen LogP contribution is 2.24. The van der Waals surface area contributed by atoms with Crippen LogP contribution in [0, 0.1) is 0 Å². The van der Waals surface area contributed by atoms with Crippen LogP contribution in [-0.4, -0.2) is 61.9 Å². The molecule has 2 rings (SSSR count). The Morgan fingerprint density at radius 2 is 2.00 bits per heavy atom. The van der Waals surface area contributed by atoms with Crippen molar-refractivity contribution in [3.8, 4) is 0 Å². The summed E-state index contributed by atoms with van der Waals surface area (Å²) in [5.41, 5.74) is 1.01. The quantitative estimate of drug-likeness (QED) is 0.388. The average Bonchev–Trinajstić information content (AvgIpc) is 2.79. The summed E-state index contributed by atoms with van der Waals surface area (Å²) in [6.07, 6.45) is 0. The Kier molecular flexibility index (Phi) is 9.60. The van der Waals surface area contributed by atoms with Crippen molar-refractivity contribution in [3.63, 3.8) is 0 Å². The molecule has 0 aliphatic carbocycles. The van der Waals surface area contributed by atoms with E-state index in [4.69, 9.17) is 27.9 Å². The van der Waals surface area contributed by atoms with Crippen molar-refractivity contribution < 1.29 is 4.74 Å². The second-order valence-electron chi connectivity index (χ2n) is 5.14. The fraction of sp³-hybridized carbons (Fsp3) is 0.643. The number of hydrogen-bond acceptors (Lipinski definition) is 3. The SMILES string of the molecule is CN=C(NCCN1CCOCC1)NCc1cc(Cl)c(Cl)n1C.I. The van der Waals surface area contributed by atoms with Crippen LogP contribution in [0.2, 0.25) is 10.2 Å². The maximum absolute atomic E-state index is 6.06. The van der Waals surface area contributed by atoms with Crippen LogP contribution in [0.1, 0.15) is 5.69 Å². The summed E-state index contributed by atoms with van der Waals surface area (Å²) in [7, 11) is 3.65. The summed E-state index contributed by atoms with van der Waals surface area (Å²) in [6, 6.07) is 1.86. The van der Waals surface area contributed by atoms with E-state index in [1.54, 1.807) is 7.05 Å². The minimum atomic E-state index is 0.